The van der Waals surface area contributed by atoms with Gasteiger partial charge in [-0.05, 0) is 0 Å². The van der Waals surface area contributed by atoms with Crippen molar-refractivity contribution in [1.82, 2.24) is 5.32 Å². The van der Waals surface area contributed by atoms with E-state index in [2.05, 4.69) is 5.32 Å². The third-order valence-corrected chi connectivity index (χ3v) is 1.90. The molecule has 0 radical (unpaired) electrons. The predicted molar refractivity (Wildman–Crippen MR) is 33.5 cm³/mol. The fourth-order valence-electron chi connectivity index (χ4n) is 1.38. The quantitative estimate of drug-likeness (QED) is 0.481. The Morgan fingerprint density at radius 3 is 3.00 bits per heavy atom. The van der Waals surface area contributed by atoms with E-state index < -0.39 is 0 Å². The zero-order chi connectivity index (χ0) is 6.97. The molecule has 2 saturated heterocycles. The molecule has 0 aliphatic carbocycles. The largest absolute Gasteiger partial charge is 0.394 e. The smallest absolute Gasteiger partial charge is 0.171 e. The lowest BCUT2D eigenvalue weighted by Gasteiger charge is -2.18. The van der Waals surface area contributed by atoms with Crippen molar-refractivity contribution in [3.8, 4) is 0 Å². The molecule has 2 rings (SSSR count). The van der Waals surface area contributed by atoms with Crippen LogP contribution in [0.2, 0.25) is 0 Å². The Balaban J connectivity index is 2.01. The normalized spacial score (nSPS) is 45.9. The molecule has 4 nitrogen and oxygen atoms in total. The van der Waals surface area contributed by atoms with Gasteiger partial charge in [-0.25, -0.2) is 0 Å². The first-order chi connectivity index (χ1) is 4.90. The highest BCUT2D eigenvalue weighted by Gasteiger charge is 2.38. The summed E-state index contributed by atoms with van der Waals surface area (Å²) in [5.41, 5.74) is 0. The third-order valence-electron chi connectivity index (χ3n) is 1.90. The number of rotatable bonds is 1. The Morgan fingerprint density at radius 1 is 1.40 bits per heavy atom. The summed E-state index contributed by atoms with van der Waals surface area (Å²) in [6, 6.07) is 0. The summed E-state index contributed by atoms with van der Waals surface area (Å²) < 4.78 is 10.7. The highest BCUT2D eigenvalue weighted by molar-refractivity contribution is 4.83. The van der Waals surface area contributed by atoms with Crippen LogP contribution in [0.4, 0.5) is 0 Å². The molecule has 58 valence electrons. The molecule has 0 aromatic rings. The molecule has 2 fully saturated rings. The van der Waals surface area contributed by atoms with Crippen LogP contribution in [0.25, 0.3) is 0 Å². The predicted octanol–water partition coefficient (Wildman–Crippen LogP) is -1.31. The molecule has 0 unspecified atom stereocenters. The number of aliphatic hydroxyl groups is 1. The number of fused-ring (bicyclic) bond motifs is 2. The second-order valence-electron chi connectivity index (χ2n) is 2.62. The van der Waals surface area contributed by atoms with Crippen molar-refractivity contribution in [1.29, 1.82) is 0 Å². The molecule has 2 heterocycles. The molecule has 0 amide bonds. The fraction of sp³-hybridized carbons (Fsp3) is 1.00. The summed E-state index contributed by atoms with van der Waals surface area (Å²) in [4.78, 5) is 0. The summed E-state index contributed by atoms with van der Waals surface area (Å²) in [6.07, 6.45) is -0.181. The summed E-state index contributed by atoms with van der Waals surface area (Å²) in [7, 11) is 0. The first kappa shape index (κ1) is 6.54. The van der Waals surface area contributed by atoms with Gasteiger partial charge in [-0.1, -0.05) is 0 Å². The SMILES string of the molecule is OC[C@H]1O[C@@H]2CNC[C@H]1O2. The molecular weight excluding hydrogens is 134 g/mol. The number of hydrogen-bond donors (Lipinski definition) is 2. The fourth-order valence-corrected chi connectivity index (χ4v) is 1.38. The zero-order valence-corrected chi connectivity index (χ0v) is 5.62. The van der Waals surface area contributed by atoms with Crippen LogP contribution in [-0.2, 0) is 9.47 Å². The second-order valence-corrected chi connectivity index (χ2v) is 2.62. The molecule has 0 aromatic carbocycles. The average molecular weight is 145 g/mol. The summed E-state index contributed by atoms with van der Waals surface area (Å²) in [5, 5.41) is 11.9. The summed E-state index contributed by atoms with van der Waals surface area (Å²) >= 11 is 0. The molecular formula is C6H11NO3. The molecule has 2 aliphatic rings. The Hall–Kier alpha value is -0.160. The van der Waals surface area contributed by atoms with Gasteiger partial charge >= 0.3 is 0 Å². The van der Waals surface area contributed by atoms with Crippen LogP contribution in [0.1, 0.15) is 0 Å². The Kier molecular flexibility index (Phi) is 1.61. The Morgan fingerprint density at radius 2 is 2.30 bits per heavy atom. The second kappa shape index (κ2) is 2.47. The van der Waals surface area contributed by atoms with Gasteiger partial charge in [0, 0.05) is 13.1 Å². The standard InChI is InChI=1S/C6H11NO3/c8-3-5-4-1-7-2-6(9-4)10-5/h4-8H,1-3H2/t4-,5-,6-/m1/s1. The lowest BCUT2D eigenvalue weighted by atomic mass is 10.2. The van der Waals surface area contributed by atoms with Crippen molar-refractivity contribution in [3.05, 3.63) is 0 Å². The maximum absolute atomic E-state index is 8.78. The van der Waals surface area contributed by atoms with Gasteiger partial charge in [0.1, 0.15) is 12.2 Å². The van der Waals surface area contributed by atoms with Crippen LogP contribution in [-0.4, -0.2) is 43.3 Å². The van der Waals surface area contributed by atoms with Gasteiger partial charge in [-0.3, -0.25) is 0 Å². The van der Waals surface area contributed by atoms with Crippen molar-refractivity contribution < 1.29 is 14.6 Å². The number of aliphatic hydroxyl groups excluding tert-OH is 1. The molecule has 0 saturated carbocycles. The molecule has 2 bridgehead atoms. The Labute approximate surface area is 59.1 Å². The van der Waals surface area contributed by atoms with Gasteiger partial charge < -0.3 is 19.9 Å². The van der Waals surface area contributed by atoms with E-state index in [9.17, 15) is 0 Å². The van der Waals surface area contributed by atoms with Crippen molar-refractivity contribution in [3.63, 3.8) is 0 Å². The Bertz CT molecular complexity index is 130. The molecule has 2 N–H and O–H groups in total. The minimum absolute atomic E-state index is 0.0584. The van der Waals surface area contributed by atoms with Crippen LogP contribution >= 0.6 is 0 Å². The average Bonchev–Trinajstić information content (AvgIpc) is 2.26. The lowest BCUT2D eigenvalue weighted by molar-refractivity contribution is -0.0791. The van der Waals surface area contributed by atoms with Crippen LogP contribution in [0.5, 0.6) is 0 Å². The highest BCUT2D eigenvalue weighted by atomic mass is 16.7. The van der Waals surface area contributed by atoms with E-state index in [1.165, 1.54) is 0 Å². The number of nitrogens with one attached hydrogen (secondary N) is 1. The molecule has 0 aromatic heterocycles. The maximum atomic E-state index is 8.78. The van der Waals surface area contributed by atoms with Gasteiger partial charge in [0.25, 0.3) is 0 Å². The first-order valence-electron chi connectivity index (χ1n) is 3.52. The monoisotopic (exact) mass is 145 g/mol. The minimum atomic E-state index is -0.129. The van der Waals surface area contributed by atoms with Crippen LogP contribution in [0, 0.1) is 0 Å². The van der Waals surface area contributed by atoms with Gasteiger partial charge in [0.05, 0.1) is 6.61 Å². The maximum Gasteiger partial charge on any atom is 0.171 e. The van der Waals surface area contributed by atoms with Crippen LogP contribution < -0.4 is 5.32 Å². The molecule has 2 aliphatic heterocycles. The molecule has 3 atom stereocenters. The van der Waals surface area contributed by atoms with E-state index in [1.54, 1.807) is 0 Å². The van der Waals surface area contributed by atoms with Gasteiger partial charge in [0.15, 0.2) is 6.29 Å². The van der Waals surface area contributed by atoms with Crippen molar-refractivity contribution in [2.75, 3.05) is 19.7 Å². The highest BCUT2D eigenvalue weighted by Crippen LogP contribution is 2.20. The molecule has 4 heteroatoms. The third kappa shape index (κ3) is 0.932. The van der Waals surface area contributed by atoms with E-state index in [0.717, 1.165) is 13.1 Å². The number of ether oxygens (including phenoxy) is 2. The van der Waals surface area contributed by atoms with Crippen LogP contribution in [0.3, 0.4) is 0 Å². The van der Waals surface area contributed by atoms with Crippen molar-refractivity contribution >= 4 is 0 Å². The lowest BCUT2D eigenvalue weighted by Crippen LogP contribution is -2.41. The zero-order valence-electron chi connectivity index (χ0n) is 5.62. The van der Waals surface area contributed by atoms with Crippen molar-refractivity contribution in [2.24, 2.45) is 0 Å². The van der Waals surface area contributed by atoms with E-state index in [1.807, 2.05) is 0 Å². The summed E-state index contributed by atoms with van der Waals surface area (Å²) in [5.74, 6) is 0. The summed E-state index contributed by atoms with van der Waals surface area (Å²) in [6.45, 7) is 1.59. The topological polar surface area (TPSA) is 50.7 Å². The van der Waals surface area contributed by atoms with Crippen LogP contribution in [0.15, 0.2) is 0 Å². The van der Waals surface area contributed by atoms with E-state index >= 15 is 0 Å². The minimum Gasteiger partial charge on any atom is -0.394 e. The molecule has 10 heavy (non-hydrogen) atoms. The van der Waals surface area contributed by atoms with E-state index in [4.69, 9.17) is 14.6 Å². The number of morpholine rings is 1. The van der Waals surface area contributed by atoms with E-state index in [0.29, 0.717) is 0 Å². The van der Waals surface area contributed by atoms with Gasteiger partial charge in [0.2, 0.25) is 0 Å². The van der Waals surface area contributed by atoms with Gasteiger partial charge in [-0.15, -0.1) is 0 Å². The van der Waals surface area contributed by atoms with Crippen molar-refractivity contribution in [2.45, 2.75) is 18.5 Å². The number of hydrogen-bond acceptors (Lipinski definition) is 4. The van der Waals surface area contributed by atoms with Gasteiger partial charge in [-0.2, -0.15) is 0 Å². The first-order valence-corrected chi connectivity index (χ1v) is 3.52. The molecule has 0 spiro atoms. The van der Waals surface area contributed by atoms with E-state index in [-0.39, 0.29) is 25.1 Å².